The van der Waals surface area contributed by atoms with E-state index in [1.165, 1.54) is 10.9 Å². The van der Waals surface area contributed by atoms with E-state index in [4.69, 9.17) is 16.3 Å². The van der Waals surface area contributed by atoms with E-state index in [1.807, 2.05) is 36.4 Å². The standard InChI is InChI=1S/C13H13ClIN3O2/c1-7-4-16-9(8(2)11(7)20-3)5-18-6-17-12(14)10(15)13(18)19/h4,6H,5H2,1-3H3. The molecule has 2 rings (SSSR count). The SMILES string of the molecule is COc1c(C)cnc(Cn2cnc(Cl)c(I)c2=O)c1C. The molecule has 0 fully saturated rings. The molecule has 0 aliphatic heterocycles. The molecule has 106 valence electrons. The second-order valence-electron chi connectivity index (χ2n) is 4.33. The van der Waals surface area contributed by atoms with Gasteiger partial charge in [0.25, 0.3) is 5.56 Å². The number of aromatic nitrogens is 3. The Balaban J connectivity index is 2.46. The molecule has 0 aromatic carbocycles. The van der Waals surface area contributed by atoms with Gasteiger partial charge in [0.2, 0.25) is 0 Å². The molecule has 0 amide bonds. The number of nitrogens with zero attached hydrogens (tertiary/aromatic N) is 3. The zero-order valence-electron chi connectivity index (χ0n) is 11.3. The number of aryl methyl sites for hydroxylation is 1. The zero-order valence-corrected chi connectivity index (χ0v) is 14.2. The predicted molar refractivity (Wildman–Crippen MR) is 85.6 cm³/mol. The Hall–Kier alpha value is -1.15. The Morgan fingerprint density at radius 3 is 2.75 bits per heavy atom. The van der Waals surface area contributed by atoms with Crippen molar-refractivity contribution in [3.05, 3.63) is 48.4 Å². The van der Waals surface area contributed by atoms with Crippen molar-refractivity contribution in [3.63, 3.8) is 0 Å². The second kappa shape index (κ2) is 6.09. The summed E-state index contributed by atoms with van der Waals surface area (Å²) in [7, 11) is 1.62. The first-order valence-corrected chi connectivity index (χ1v) is 7.31. The molecule has 2 aromatic rings. The van der Waals surface area contributed by atoms with Gasteiger partial charge >= 0.3 is 0 Å². The molecule has 0 aliphatic carbocycles. The number of rotatable bonds is 3. The van der Waals surface area contributed by atoms with Crippen molar-refractivity contribution in [3.8, 4) is 5.75 Å². The first-order valence-electron chi connectivity index (χ1n) is 5.85. The van der Waals surface area contributed by atoms with Crippen molar-refractivity contribution in [1.29, 1.82) is 0 Å². The van der Waals surface area contributed by atoms with E-state index < -0.39 is 0 Å². The summed E-state index contributed by atoms with van der Waals surface area (Å²) in [6.45, 7) is 4.19. The summed E-state index contributed by atoms with van der Waals surface area (Å²) in [5.74, 6) is 0.791. The zero-order chi connectivity index (χ0) is 14.9. The Morgan fingerprint density at radius 2 is 2.10 bits per heavy atom. The maximum atomic E-state index is 12.1. The van der Waals surface area contributed by atoms with E-state index in [-0.39, 0.29) is 10.7 Å². The number of hydrogen-bond donors (Lipinski definition) is 0. The molecule has 5 nitrogen and oxygen atoms in total. The first kappa shape index (κ1) is 15.2. The smallest absolute Gasteiger partial charge is 0.268 e. The topological polar surface area (TPSA) is 57.0 Å². The van der Waals surface area contributed by atoms with Crippen LogP contribution in [0.4, 0.5) is 0 Å². The van der Waals surface area contributed by atoms with E-state index in [9.17, 15) is 4.79 Å². The number of pyridine rings is 1. The van der Waals surface area contributed by atoms with Gasteiger partial charge in [0.05, 0.1) is 25.7 Å². The molecule has 0 unspecified atom stereocenters. The van der Waals surface area contributed by atoms with Gasteiger partial charge < -0.3 is 4.74 Å². The van der Waals surface area contributed by atoms with Crippen LogP contribution in [0.3, 0.4) is 0 Å². The average molecular weight is 406 g/mol. The van der Waals surface area contributed by atoms with E-state index in [1.54, 1.807) is 13.3 Å². The lowest BCUT2D eigenvalue weighted by Gasteiger charge is -2.13. The maximum Gasteiger partial charge on any atom is 0.268 e. The summed E-state index contributed by atoms with van der Waals surface area (Å²) in [5, 5.41) is 0.220. The van der Waals surface area contributed by atoms with E-state index in [2.05, 4.69) is 9.97 Å². The van der Waals surface area contributed by atoms with Crippen LogP contribution >= 0.6 is 34.2 Å². The summed E-state index contributed by atoms with van der Waals surface area (Å²) >= 11 is 7.71. The van der Waals surface area contributed by atoms with Gasteiger partial charge in [-0.3, -0.25) is 14.3 Å². The Kier molecular flexibility index (Phi) is 4.64. The predicted octanol–water partition coefficient (Wildman–Crippen LogP) is 2.57. The van der Waals surface area contributed by atoms with Crippen LogP contribution in [0.1, 0.15) is 16.8 Å². The van der Waals surface area contributed by atoms with Gasteiger partial charge in [0, 0.05) is 17.3 Å². The summed E-state index contributed by atoms with van der Waals surface area (Å²) in [4.78, 5) is 20.5. The minimum absolute atomic E-state index is 0.175. The lowest BCUT2D eigenvalue weighted by atomic mass is 10.1. The Morgan fingerprint density at radius 1 is 1.40 bits per heavy atom. The maximum absolute atomic E-state index is 12.1. The summed E-state index contributed by atoms with van der Waals surface area (Å²) in [6, 6.07) is 0. The fraction of sp³-hybridized carbons (Fsp3) is 0.308. The first-order chi connectivity index (χ1) is 9.45. The van der Waals surface area contributed by atoms with Gasteiger partial charge in [-0.1, -0.05) is 11.6 Å². The van der Waals surface area contributed by atoms with Gasteiger partial charge in [-0.2, -0.15) is 0 Å². The van der Waals surface area contributed by atoms with Crippen molar-refractivity contribution in [2.24, 2.45) is 0 Å². The van der Waals surface area contributed by atoms with E-state index >= 15 is 0 Å². The molecule has 20 heavy (non-hydrogen) atoms. The average Bonchev–Trinajstić information content (AvgIpc) is 2.43. The van der Waals surface area contributed by atoms with E-state index in [0.717, 1.165) is 22.6 Å². The van der Waals surface area contributed by atoms with Crippen LogP contribution in [-0.4, -0.2) is 21.6 Å². The normalized spacial score (nSPS) is 10.7. The van der Waals surface area contributed by atoms with Crippen molar-refractivity contribution in [2.75, 3.05) is 7.11 Å². The van der Waals surface area contributed by atoms with Crippen LogP contribution in [-0.2, 0) is 6.54 Å². The quantitative estimate of drug-likeness (QED) is 0.582. The monoisotopic (exact) mass is 405 g/mol. The summed E-state index contributed by atoms with van der Waals surface area (Å²) in [5.41, 5.74) is 2.48. The van der Waals surface area contributed by atoms with Crippen LogP contribution < -0.4 is 10.3 Å². The van der Waals surface area contributed by atoms with Crippen molar-refractivity contribution in [2.45, 2.75) is 20.4 Å². The molecule has 0 aliphatic rings. The highest BCUT2D eigenvalue weighted by atomic mass is 127. The number of halogens is 2. The molecule has 7 heteroatoms. The van der Waals surface area contributed by atoms with Crippen molar-refractivity contribution in [1.82, 2.24) is 14.5 Å². The number of ether oxygens (including phenoxy) is 1. The molecule has 0 atom stereocenters. The van der Waals surface area contributed by atoms with Crippen molar-refractivity contribution < 1.29 is 4.74 Å². The molecule has 2 heterocycles. The largest absolute Gasteiger partial charge is 0.496 e. The fourth-order valence-electron chi connectivity index (χ4n) is 1.95. The molecular weight excluding hydrogens is 393 g/mol. The van der Waals surface area contributed by atoms with Crippen LogP contribution in [0, 0.1) is 17.4 Å². The van der Waals surface area contributed by atoms with Gasteiger partial charge in [0.1, 0.15) is 14.5 Å². The molecule has 0 saturated carbocycles. The second-order valence-corrected chi connectivity index (χ2v) is 5.77. The Bertz CT molecular complexity index is 715. The third-order valence-electron chi connectivity index (χ3n) is 3.01. The molecule has 2 aromatic heterocycles. The highest BCUT2D eigenvalue weighted by molar-refractivity contribution is 14.1. The van der Waals surface area contributed by atoms with Crippen LogP contribution in [0.2, 0.25) is 5.15 Å². The van der Waals surface area contributed by atoms with Gasteiger partial charge in [0.15, 0.2) is 0 Å². The van der Waals surface area contributed by atoms with Gasteiger partial charge in [-0.05, 0) is 36.4 Å². The molecule has 0 bridgehead atoms. The van der Waals surface area contributed by atoms with Crippen LogP contribution in [0.15, 0.2) is 17.3 Å². The number of hydrogen-bond acceptors (Lipinski definition) is 4. The molecule has 0 saturated heterocycles. The third kappa shape index (κ3) is 2.80. The molecule has 0 radical (unpaired) electrons. The highest BCUT2D eigenvalue weighted by Gasteiger charge is 2.12. The third-order valence-corrected chi connectivity index (χ3v) is 4.59. The van der Waals surface area contributed by atoms with Crippen LogP contribution in [0.5, 0.6) is 5.75 Å². The number of methoxy groups -OCH3 is 1. The van der Waals surface area contributed by atoms with E-state index in [0.29, 0.717) is 10.1 Å². The lowest BCUT2D eigenvalue weighted by Crippen LogP contribution is -2.24. The van der Waals surface area contributed by atoms with Crippen LogP contribution in [0.25, 0.3) is 0 Å². The fourth-order valence-corrected chi connectivity index (χ4v) is 2.52. The lowest BCUT2D eigenvalue weighted by molar-refractivity contribution is 0.406. The Labute approximate surface area is 135 Å². The molecule has 0 N–H and O–H groups in total. The minimum Gasteiger partial charge on any atom is -0.496 e. The highest BCUT2D eigenvalue weighted by Crippen LogP contribution is 2.24. The molecule has 0 spiro atoms. The molecular formula is C13H13ClIN3O2. The summed E-state index contributed by atoms with van der Waals surface area (Å²) in [6.07, 6.45) is 3.17. The summed E-state index contributed by atoms with van der Waals surface area (Å²) < 4.78 is 7.25. The van der Waals surface area contributed by atoms with Gasteiger partial charge in [-0.25, -0.2) is 4.98 Å². The van der Waals surface area contributed by atoms with Crippen molar-refractivity contribution >= 4 is 34.2 Å². The van der Waals surface area contributed by atoms with Gasteiger partial charge in [-0.15, -0.1) is 0 Å². The minimum atomic E-state index is -0.175.